The van der Waals surface area contributed by atoms with Crippen molar-refractivity contribution >= 4 is 37.8 Å². The first-order valence-electron chi connectivity index (χ1n) is 3.49. The van der Waals surface area contributed by atoms with Crippen molar-refractivity contribution in [2.75, 3.05) is 0 Å². The van der Waals surface area contributed by atoms with Crippen molar-refractivity contribution in [3.05, 3.63) is 11.1 Å². The Kier molecular flexibility index (Phi) is 17.1. The predicted octanol–water partition coefficient (Wildman–Crippen LogP) is -4.28. The number of hydrogen-bond donors (Lipinski definition) is 2. The van der Waals surface area contributed by atoms with E-state index in [2.05, 4.69) is 34.2 Å². The van der Waals surface area contributed by atoms with Gasteiger partial charge in [-0.25, -0.2) is 9.59 Å². The third-order valence-corrected chi connectivity index (χ3v) is 1.86. The summed E-state index contributed by atoms with van der Waals surface area (Å²) >= 11 is 6.68. The van der Waals surface area contributed by atoms with Gasteiger partial charge < -0.3 is 11.2 Å². The SMILES string of the molecule is CC/C(C(=O)OS)=C(\C)C(=O)OS.[H-].[H-].[Na+].[Na+]. The molecular weight excluding hydrogens is 258 g/mol. The quantitative estimate of drug-likeness (QED) is 0.236. The summed E-state index contributed by atoms with van der Waals surface area (Å²) in [7, 11) is 0. The van der Waals surface area contributed by atoms with Gasteiger partial charge in [0.25, 0.3) is 0 Å². The number of rotatable bonds is 3. The number of carbonyl (C=O) groups is 2. The molecule has 0 aromatic rings. The Balaban J connectivity index is -0.000000120. The second-order valence-electron chi connectivity index (χ2n) is 2.21. The Morgan fingerprint density at radius 3 is 1.80 bits per heavy atom. The average molecular weight is 270 g/mol. The van der Waals surface area contributed by atoms with E-state index in [1.165, 1.54) is 6.92 Å². The van der Waals surface area contributed by atoms with Crippen molar-refractivity contribution in [1.82, 2.24) is 0 Å². The van der Waals surface area contributed by atoms with Gasteiger partial charge in [-0.3, -0.25) is 0 Å². The van der Waals surface area contributed by atoms with Crippen LogP contribution in [0.5, 0.6) is 0 Å². The molecule has 0 unspecified atom stereocenters. The van der Waals surface area contributed by atoms with E-state index in [-0.39, 0.29) is 73.1 Å². The Bertz CT molecular complexity index is 264. The van der Waals surface area contributed by atoms with Gasteiger partial charge in [0.1, 0.15) is 0 Å². The Morgan fingerprint density at radius 2 is 1.53 bits per heavy atom. The van der Waals surface area contributed by atoms with Gasteiger partial charge in [0, 0.05) is 37.0 Å². The smallest absolute Gasteiger partial charge is 1.00 e. The molecule has 4 nitrogen and oxygen atoms in total. The second kappa shape index (κ2) is 11.9. The molecule has 0 aromatic carbocycles. The van der Waals surface area contributed by atoms with Gasteiger partial charge >= 0.3 is 71.1 Å². The maximum Gasteiger partial charge on any atom is 1.00 e. The zero-order valence-corrected chi connectivity index (χ0v) is 15.0. The average Bonchev–Trinajstić information content (AvgIpc) is 2.17. The number of carbonyl (C=O) groups excluding carboxylic acids is 2. The van der Waals surface area contributed by atoms with Gasteiger partial charge in [-0.2, -0.15) is 0 Å². The molecule has 0 spiro atoms. The van der Waals surface area contributed by atoms with Crippen LogP contribution in [0.3, 0.4) is 0 Å². The van der Waals surface area contributed by atoms with Crippen LogP contribution in [0.2, 0.25) is 0 Å². The molecule has 0 amide bonds. The van der Waals surface area contributed by atoms with E-state index in [9.17, 15) is 9.59 Å². The van der Waals surface area contributed by atoms with Crippen molar-refractivity contribution in [3.8, 4) is 0 Å². The molecule has 0 saturated heterocycles. The van der Waals surface area contributed by atoms with Crippen molar-refractivity contribution in [1.29, 1.82) is 0 Å². The molecule has 0 bridgehead atoms. The van der Waals surface area contributed by atoms with Crippen molar-refractivity contribution in [2.24, 2.45) is 0 Å². The van der Waals surface area contributed by atoms with Crippen LogP contribution < -0.4 is 59.1 Å². The van der Waals surface area contributed by atoms with E-state index in [1.807, 2.05) is 0 Å². The Morgan fingerprint density at radius 1 is 1.13 bits per heavy atom. The molecule has 0 fully saturated rings. The van der Waals surface area contributed by atoms with E-state index in [1.54, 1.807) is 6.92 Å². The van der Waals surface area contributed by atoms with Gasteiger partial charge in [-0.15, -0.1) is 0 Å². The van der Waals surface area contributed by atoms with Crippen LogP contribution in [0.4, 0.5) is 0 Å². The van der Waals surface area contributed by atoms with E-state index in [4.69, 9.17) is 0 Å². The minimum Gasteiger partial charge on any atom is -1.00 e. The van der Waals surface area contributed by atoms with E-state index < -0.39 is 11.9 Å². The van der Waals surface area contributed by atoms with Crippen LogP contribution in [-0.2, 0) is 18.0 Å². The summed E-state index contributed by atoms with van der Waals surface area (Å²) in [5.74, 6) is -1.32. The maximum atomic E-state index is 11.0. The molecule has 0 radical (unpaired) electrons. The fourth-order valence-electron chi connectivity index (χ4n) is 0.809. The van der Waals surface area contributed by atoms with Gasteiger partial charge in [-0.05, 0) is 13.3 Å². The van der Waals surface area contributed by atoms with Crippen LogP contribution in [-0.4, -0.2) is 11.9 Å². The normalized spacial score (nSPS) is 10.1. The largest absolute Gasteiger partial charge is 1.00 e. The molecule has 0 N–H and O–H groups in total. The van der Waals surface area contributed by atoms with Gasteiger partial charge in [0.2, 0.25) is 0 Å². The van der Waals surface area contributed by atoms with Crippen molar-refractivity contribution < 1.29 is 79.9 Å². The maximum absolute atomic E-state index is 11.0. The summed E-state index contributed by atoms with van der Waals surface area (Å²) in [5.41, 5.74) is 0.408. The fraction of sp³-hybridized carbons (Fsp3) is 0.429. The first-order valence-corrected chi connectivity index (χ1v) is 4.22. The topological polar surface area (TPSA) is 52.6 Å². The van der Waals surface area contributed by atoms with Crippen molar-refractivity contribution in [2.45, 2.75) is 20.3 Å². The van der Waals surface area contributed by atoms with Crippen LogP contribution in [0.15, 0.2) is 11.1 Å². The van der Waals surface area contributed by atoms with Crippen molar-refractivity contribution in [3.63, 3.8) is 0 Å². The molecule has 8 heteroatoms. The third-order valence-electron chi connectivity index (χ3n) is 1.52. The van der Waals surface area contributed by atoms with Crippen LogP contribution in [0.1, 0.15) is 23.1 Å². The van der Waals surface area contributed by atoms with Crippen LogP contribution in [0, 0.1) is 0 Å². The molecule has 0 atom stereocenters. The minimum atomic E-state index is -0.668. The molecule has 0 saturated carbocycles. The number of hydrogen-bond acceptors (Lipinski definition) is 6. The third kappa shape index (κ3) is 7.33. The van der Waals surface area contributed by atoms with Crippen LogP contribution >= 0.6 is 25.8 Å². The van der Waals surface area contributed by atoms with Gasteiger partial charge in [0.15, 0.2) is 0 Å². The molecule has 0 aliphatic rings. The molecule has 0 heterocycles. The summed E-state index contributed by atoms with van der Waals surface area (Å²) in [6.45, 7) is 3.18. The summed E-state index contributed by atoms with van der Waals surface area (Å²) in [6.07, 6.45) is 0.369. The van der Waals surface area contributed by atoms with Crippen LogP contribution in [0.25, 0.3) is 0 Å². The monoisotopic (exact) mass is 270 g/mol. The molecule has 0 aliphatic carbocycles. The first kappa shape index (κ1) is 21.6. The standard InChI is InChI=1S/C7H10O4S2.2Na.2H/c1-3-5(7(9)11-13)4(2)6(8)10-12;;;;/h12-13H,3H2,1-2H3;;;;/q;2*+1;2*-1/b5-4-;;;;. The Labute approximate surface area is 147 Å². The number of thiol groups is 2. The summed E-state index contributed by atoms with van der Waals surface area (Å²) in [6, 6.07) is 0. The molecule has 0 rings (SSSR count). The molecule has 78 valence electrons. The fourth-order valence-corrected chi connectivity index (χ4v) is 1.06. The Hall–Kier alpha value is 1.38. The van der Waals surface area contributed by atoms with E-state index in [0.29, 0.717) is 6.42 Å². The molecule has 15 heavy (non-hydrogen) atoms. The zero-order valence-electron chi connectivity index (χ0n) is 11.2. The summed E-state index contributed by atoms with van der Waals surface area (Å²) < 4.78 is 8.34. The molecule has 0 aliphatic heterocycles. The minimum absolute atomic E-state index is 0. The van der Waals surface area contributed by atoms with Gasteiger partial charge in [0.05, 0.1) is 0 Å². The molecular formula is C7H12Na2O4S2. The first-order chi connectivity index (χ1) is 6.08. The summed E-state index contributed by atoms with van der Waals surface area (Å²) in [4.78, 5) is 22.0. The predicted molar refractivity (Wildman–Crippen MR) is 55.4 cm³/mol. The summed E-state index contributed by atoms with van der Waals surface area (Å²) in [5, 5.41) is 0. The van der Waals surface area contributed by atoms with Gasteiger partial charge in [-0.1, -0.05) is 6.92 Å². The second-order valence-corrected chi connectivity index (χ2v) is 2.58. The van der Waals surface area contributed by atoms with E-state index in [0.717, 1.165) is 0 Å². The zero-order chi connectivity index (χ0) is 10.4. The van der Waals surface area contributed by atoms with E-state index >= 15 is 0 Å². The molecule has 0 aromatic heterocycles.